The van der Waals surface area contributed by atoms with Crippen molar-refractivity contribution < 1.29 is 19.1 Å². The Balaban J connectivity index is 1.34. The molecule has 0 aliphatic carbocycles. The highest BCUT2D eigenvalue weighted by molar-refractivity contribution is 6.30. The van der Waals surface area contributed by atoms with Crippen LogP contribution < -0.4 is 20.3 Å². The van der Waals surface area contributed by atoms with Crippen LogP contribution in [0.15, 0.2) is 48.5 Å². The largest absolute Gasteiger partial charge is 0.497 e. The Morgan fingerprint density at radius 1 is 1.03 bits per heavy atom. The summed E-state index contributed by atoms with van der Waals surface area (Å²) in [4.78, 5) is 43.9. The molecule has 34 heavy (non-hydrogen) atoms. The van der Waals surface area contributed by atoms with Crippen LogP contribution in [0.5, 0.6) is 5.75 Å². The summed E-state index contributed by atoms with van der Waals surface area (Å²) in [5.74, 6) is 0.344. The van der Waals surface area contributed by atoms with Crippen LogP contribution in [0.2, 0.25) is 5.02 Å². The van der Waals surface area contributed by atoms with Crippen LogP contribution in [-0.4, -0.2) is 80.1 Å². The first-order valence-corrected chi connectivity index (χ1v) is 11.6. The third kappa shape index (κ3) is 5.53. The molecule has 2 aromatic rings. The van der Waals surface area contributed by atoms with Gasteiger partial charge in [-0.05, 0) is 48.5 Å². The van der Waals surface area contributed by atoms with Crippen LogP contribution >= 0.6 is 11.6 Å². The van der Waals surface area contributed by atoms with Gasteiger partial charge in [0.25, 0.3) is 0 Å². The second-order valence-electron chi connectivity index (χ2n) is 8.21. The molecule has 0 spiro atoms. The number of carbonyl (C=O) groups is 3. The van der Waals surface area contributed by atoms with E-state index in [9.17, 15) is 14.4 Å². The van der Waals surface area contributed by atoms with Crippen molar-refractivity contribution in [3.8, 4) is 5.75 Å². The van der Waals surface area contributed by atoms with E-state index in [-0.39, 0.29) is 18.2 Å². The Morgan fingerprint density at radius 3 is 2.35 bits per heavy atom. The van der Waals surface area contributed by atoms with E-state index in [0.717, 1.165) is 11.4 Å². The Morgan fingerprint density at radius 2 is 1.71 bits per heavy atom. The Bertz CT molecular complexity index is 1020. The van der Waals surface area contributed by atoms with Crippen LogP contribution in [-0.2, 0) is 9.59 Å². The molecule has 180 valence electrons. The zero-order valence-corrected chi connectivity index (χ0v) is 19.8. The van der Waals surface area contributed by atoms with E-state index in [1.54, 1.807) is 36.3 Å². The maximum Gasteiger partial charge on any atom is 0.322 e. The average Bonchev–Trinajstić information content (AvgIpc) is 2.86. The van der Waals surface area contributed by atoms with Crippen molar-refractivity contribution in [1.29, 1.82) is 0 Å². The molecule has 0 bridgehead atoms. The maximum absolute atomic E-state index is 13.0. The lowest BCUT2D eigenvalue weighted by Crippen LogP contribution is -2.60. The van der Waals surface area contributed by atoms with E-state index in [1.165, 1.54) is 4.90 Å². The number of halogens is 1. The number of hydrogen-bond acceptors (Lipinski definition) is 5. The number of amides is 4. The molecular formula is C24H28ClN5O4. The molecule has 2 heterocycles. The smallest absolute Gasteiger partial charge is 0.322 e. The van der Waals surface area contributed by atoms with Crippen LogP contribution in [0.4, 0.5) is 16.2 Å². The van der Waals surface area contributed by atoms with Crippen molar-refractivity contribution in [1.82, 2.24) is 15.1 Å². The van der Waals surface area contributed by atoms with Gasteiger partial charge in [-0.3, -0.25) is 9.59 Å². The summed E-state index contributed by atoms with van der Waals surface area (Å²) in [6.07, 6.45) is -0.0532. The number of piperazine rings is 2. The van der Waals surface area contributed by atoms with Crippen LogP contribution in [0.1, 0.15) is 6.42 Å². The Kier molecular flexibility index (Phi) is 7.42. The van der Waals surface area contributed by atoms with Crippen molar-refractivity contribution in [3.05, 3.63) is 53.6 Å². The summed E-state index contributed by atoms with van der Waals surface area (Å²) >= 11 is 5.90. The van der Waals surface area contributed by atoms with Crippen LogP contribution in [0, 0.1) is 0 Å². The molecular weight excluding hydrogens is 458 g/mol. The highest BCUT2D eigenvalue weighted by Crippen LogP contribution is 2.21. The van der Waals surface area contributed by atoms with Gasteiger partial charge in [-0.2, -0.15) is 0 Å². The van der Waals surface area contributed by atoms with Gasteiger partial charge in [0.2, 0.25) is 11.8 Å². The van der Waals surface area contributed by atoms with E-state index in [1.807, 2.05) is 24.3 Å². The van der Waals surface area contributed by atoms with E-state index in [0.29, 0.717) is 50.0 Å². The van der Waals surface area contributed by atoms with Gasteiger partial charge >= 0.3 is 6.03 Å². The maximum atomic E-state index is 13.0. The molecule has 10 heteroatoms. The summed E-state index contributed by atoms with van der Waals surface area (Å²) in [6, 6.07) is 13.3. The number of hydrogen-bond donors (Lipinski definition) is 2. The SMILES string of the molecule is COc1ccc(N2CCN(C(=O)CC3C(=O)NCCN3C(=O)Nc3ccc(Cl)cc3)CC2)cc1. The second-order valence-corrected chi connectivity index (χ2v) is 8.64. The predicted octanol–water partition coefficient (Wildman–Crippen LogP) is 2.42. The molecule has 2 saturated heterocycles. The minimum Gasteiger partial charge on any atom is -0.497 e. The molecule has 2 aromatic carbocycles. The summed E-state index contributed by atoms with van der Waals surface area (Å²) in [5, 5.41) is 6.11. The zero-order valence-electron chi connectivity index (χ0n) is 19.0. The number of nitrogens with one attached hydrogen (secondary N) is 2. The van der Waals surface area contributed by atoms with Crippen LogP contribution in [0.25, 0.3) is 0 Å². The summed E-state index contributed by atoms with van der Waals surface area (Å²) in [7, 11) is 1.63. The van der Waals surface area contributed by atoms with Crippen molar-refractivity contribution in [2.24, 2.45) is 0 Å². The molecule has 2 aliphatic heterocycles. The molecule has 2 aliphatic rings. The van der Waals surface area contributed by atoms with E-state index in [4.69, 9.17) is 16.3 Å². The molecule has 4 rings (SSSR count). The van der Waals surface area contributed by atoms with Gasteiger partial charge in [0, 0.05) is 55.7 Å². The van der Waals surface area contributed by atoms with Crippen molar-refractivity contribution in [2.75, 3.05) is 56.6 Å². The van der Waals surface area contributed by atoms with Crippen molar-refractivity contribution >= 4 is 40.8 Å². The standard InChI is InChI=1S/C24H28ClN5O4/c1-34-20-8-6-19(7-9-20)28-12-14-29(15-13-28)22(31)16-21-23(32)26-10-11-30(21)24(33)27-18-4-2-17(25)3-5-18/h2-9,21H,10-16H2,1H3,(H,26,32)(H,27,33). The van der Waals surface area contributed by atoms with Gasteiger partial charge in [-0.25, -0.2) is 4.79 Å². The van der Waals surface area contributed by atoms with Gasteiger partial charge in [0.05, 0.1) is 13.5 Å². The Labute approximate surface area is 203 Å². The minimum absolute atomic E-state index is 0.0532. The molecule has 2 fully saturated rings. The highest BCUT2D eigenvalue weighted by atomic mass is 35.5. The fraction of sp³-hybridized carbons (Fsp3) is 0.375. The fourth-order valence-electron chi connectivity index (χ4n) is 4.19. The van der Waals surface area contributed by atoms with Gasteiger partial charge in [-0.15, -0.1) is 0 Å². The number of rotatable bonds is 5. The normalized spacial score (nSPS) is 18.4. The topological polar surface area (TPSA) is 94.2 Å². The van der Waals surface area contributed by atoms with E-state index < -0.39 is 12.1 Å². The van der Waals surface area contributed by atoms with Gasteiger partial charge in [0.15, 0.2) is 0 Å². The predicted molar refractivity (Wildman–Crippen MR) is 130 cm³/mol. The summed E-state index contributed by atoms with van der Waals surface area (Å²) < 4.78 is 5.21. The van der Waals surface area contributed by atoms with E-state index >= 15 is 0 Å². The molecule has 0 saturated carbocycles. The number of ether oxygens (including phenoxy) is 1. The average molecular weight is 486 g/mol. The molecule has 1 unspecified atom stereocenters. The fourth-order valence-corrected chi connectivity index (χ4v) is 4.32. The van der Waals surface area contributed by atoms with E-state index in [2.05, 4.69) is 15.5 Å². The first-order valence-electron chi connectivity index (χ1n) is 11.2. The Hall–Kier alpha value is -3.46. The lowest BCUT2D eigenvalue weighted by atomic mass is 10.1. The molecule has 2 N–H and O–H groups in total. The minimum atomic E-state index is -0.854. The number of nitrogens with zero attached hydrogens (tertiary/aromatic N) is 3. The molecule has 0 radical (unpaired) electrons. The second kappa shape index (κ2) is 10.6. The lowest BCUT2D eigenvalue weighted by Gasteiger charge is -2.38. The monoisotopic (exact) mass is 485 g/mol. The molecule has 0 aromatic heterocycles. The number of urea groups is 1. The first-order chi connectivity index (χ1) is 16.4. The highest BCUT2D eigenvalue weighted by Gasteiger charge is 2.36. The van der Waals surface area contributed by atoms with Crippen molar-refractivity contribution in [3.63, 3.8) is 0 Å². The lowest BCUT2D eigenvalue weighted by molar-refractivity contribution is -0.137. The molecule has 9 nitrogen and oxygen atoms in total. The number of benzene rings is 2. The van der Waals surface area contributed by atoms with Gasteiger partial charge in [-0.1, -0.05) is 11.6 Å². The molecule has 1 atom stereocenters. The summed E-state index contributed by atoms with van der Waals surface area (Å²) in [5.41, 5.74) is 1.64. The van der Waals surface area contributed by atoms with Gasteiger partial charge in [0.1, 0.15) is 11.8 Å². The number of anilines is 2. The first kappa shape index (κ1) is 23.7. The van der Waals surface area contributed by atoms with Crippen molar-refractivity contribution in [2.45, 2.75) is 12.5 Å². The quantitative estimate of drug-likeness (QED) is 0.678. The summed E-state index contributed by atoms with van der Waals surface area (Å²) in [6.45, 7) is 3.16. The number of methoxy groups -OCH3 is 1. The van der Waals surface area contributed by atoms with Gasteiger partial charge < -0.3 is 30.1 Å². The van der Waals surface area contributed by atoms with Crippen LogP contribution in [0.3, 0.4) is 0 Å². The third-order valence-electron chi connectivity index (χ3n) is 6.13. The number of carbonyl (C=O) groups excluding carboxylic acids is 3. The molecule has 4 amide bonds. The zero-order chi connectivity index (χ0) is 24.1. The third-order valence-corrected chi connectivity index (χ3v) is 6.38.